The Kier molecular flexibility index (Phi) is 7.02. The minimum absolute atomic E-state index is 0.249. The third-order valence-corrected chi connectivity index (χ3v) is 6.26. The molecule has 0 aliphatic heterocycles. The SMILES string of the molecule is COc1c(C)cnc(CN(C(=O)OC(C)(C)C)c2cc(-c3ccccc3C)cc3ccccc23)c1C. The van der Waals surface area contributed by atoms with E-state index in [1.54, 1.807) is 18.2 Å². The molecule has 0 spiro atoms. The van der Waals surface area contributed by atoms with Crippen molar-refractivity contribution in [2.75, 3.05) is 12.0 Å². The number of fused-ring (bicyclic) bond motifs is 1. The van der Waals surface area contributed by atoms with Gasteiger partial charge in [-0.15, -0.1) is 0 Å². The predicted molar refractivity (Wildman–Crippen MR) is 147 cm³/mol. The normalized spacial score (nSPS) is 11.4. The van der Waals surface area contributed by atoms with Crippen molar-refractivity contribution < 1.29 is 14.3 Å². The Bertz CT molecular complexity index is 1420. The highest BCUT2D eigenvalue weighted by atomic mass is 16.6. The maximum Gasteiger partial charge on any atom is 0.415 e. The molecule has 0 unspecified atom stereocenters. The van der Waals surface area contributed by atoms with Crippen molar-refractivity contribution in [3.63, 3.8) is 0 Å². The number of carbonyl (C=O) groups excluding carboxylic acids is 1. The van der Waals surface area contributed by atoms with E-state index in [-0.39, 0.29) is 6.54 Å². The summed E-state index contributed by atoms with van der Waals surface area (Å²) in [6.45, 7) is 11.9. The minimum Gasteiger partial charge on any atom is -0.496 e. The average Bonchev–Trinajstić information content (AvgIpc) is 2.82. The predicted octanol–water partition coefficient (Wildman–Crippen LogP) is 7.78. The van der Waals surface area contributed by atoms with Gasteiger partial charge in [-0.05, 0) is 75.8 Å². The van der Waals surface area contributed by atoms with E-state index in [0.717, 1.165) is 50.2 Å². The van der Waals surface area contributed by atoms with Crippen LogP contribution in [0.3, 0.4) is 0 Å². The van der Waals surface area contributed by atoms with Crippen molar-refractivity contribution in [2.24, 2.45) is 0 Å². The summed E-state index contributed by atoms with van der Waals surface area (Å²) >= 11 is 0. The third kappa shape index (κ3) is 5.20. The second-order valence-corrected chi connectivity index (χ2v) is 10.1. The van der Waals surface area contributed by atoms with Crippen LogP contribution < -0.4 is 9.64 Å². The molecule has 1 amide bonds. The zero-order chi connectivity index (χ0) is 26.0. The van der Waals surface area contributed by atoms with Crippen molar-refractivity contribution in [3.8, 4) is 16.9 Å². The average molecular weight is 483 g/mol. The lowest BCUT2D eigenvalue weighted by atomic mass is 9.96. The number of hydrogen-bond acceptors (Lipinski definition) is 4. The summed E-state index contributed by atoms with van der Waals surface area (Å²) in [7, 11) is 1.66. The number of amides is 1. The number of nitrogens with zero attached hydrogens (tertiary/aromatic N) is 2. The van der Waals surface area contributed by atoms with Crippen LogP contribution >= 0.6 is 0 Å². The van der Waals surface area contributed by atoms with Gasteiger partial charge < -0.3 is 9.47 Å². The first kappa shape index (κ1) is 25.2. The zero-order valence-electron chi connectivity index (χ0n) is 22.2. The molecule has 0 atom stereocenters. The maximum atomic E-state index is 13.7. The van der Waals surface area contributed by atoms with Crippen LogP contribution in [-0.4, -0.2) is 23.8 Å². The molecule has 0 saturated heterocycles. The number of aromatic nitrogens is 1. The van der Waals surface area contributed by atoms with Crippen LogP contribution in [0.2, 0.25) is 0 Å². The van der Waals surface area contributed by atoms with E-state index < -0.39 is 11.7 Å². The maximum absolute atomic E-state index is 13.7. The Morgan fingerprint density at radius 2 is 1.64 bits per heavy atom. The van der Waals surface area contributed by atoms with E-state index in [1.165, 1.54) is 5.56 Å². The van der Waals surface area contributed by atoms with Crippen LogP contribution in [0.5, 0.6) is 5.75 Å². The Morgan fingerprint density at radius 1 is 0.944 bits per heavy atom. The van der Waals surface area contributed by atoms with E-state index in [9.17, 15) is 4.79 Å². The number of methoxy groups -OCH3 is 1. The number of benzene rings is 3. The second kappa shape index (κ2) is 10.0. The van der Waals surface area contributed by atoms with Gasteiger partial charge in [-0.3, -0.25) is 9.88 Å². The first-order valence-electron chi connectivity index (χ1n) is 12.2. The number of ether oxygens (including phenoxy) is 2. The van der Waals surface area contributed by atoms with Gasteiger partial charge in [0.2, 0.25) is 0 Å². The van der Waals surface area contributed by atoms with E-state index in [0.29, 0.717) is 0 Å². The van der Waals surface area contributed by atoms with Crippen LogP contribution in [0.4, 0.5) is 10.5 Å². The van der Waals surface area contributed by atoms with Gasteiger partial charge in [0.15, 0.2) is 0 Å². The molecule has 1 heterocycles. The van der Waals surface area contributed by atoms with E-state index >= 15 is 0 Å². The third-order valence-electron chi connectivity index (χ3n) is 6.26. The van der Waals surface area contributed by atoms with Crippen LogP contribution in [0.1, 0.15) is 43.2 Å². The van der Waals surface area contributed by atoms with Gasteiger partial charge >= 0.3 is 6.09 Å². The highest BCUT2D eigenvalue weighted by Gasteiger charge is 2.27. The second-order valence-electron chi connectivity index (χ2n) is 10.1. The van der Waals surface area contributed by atoms with Gasteiger partial charge in [0.25, 0.3) is 0 Å². The van der Waals surface area contributed by atoms with Gasteiger partial charge in [-0.1, -0.05) is 48.5 Å². The Morgan fingerprint density at radius 3 is 2.33 bits per heavy atom. The molecule has 0 aliphatic carbocycles. The molecule has 0 N–H and O–H groups in total. The molecule has 0 fully saturated rings. The minimum atomic E-state index is -0.647. The lowest BCUT2D eigenvalue weighted by molar-refractivity contribution is 0.0577. The lowest BCUT2D eigenvalue weighted by Crippen LogP contribution is -2.37. The zero-order valence-corrected chi connectivity index (χ0v) is 22.2. The highest BCUT2D eigenvalue weighted by Crippen LogP contribution is 2.36. The summed E-state index contributed by atoms with van der Waals surface area (Å²) in [4.78, 5) is 20.1. The molecule has 5 heteroatoms. The smallest absolute Gasteiger partial charge is 0.415 e. The quantitative estimate of drug-likeness (QED) is 0.291. The molecule has 0 saturated carbocycles. The van der Waals surface area contributed by atoms with Crippen LogP contribution in [0.15, 0.2) is 66.9 Å². The van der Waals surface area contributed by atoms with Crippen LogP contribution in [-0.2, 0) is 11.3 Å². The molecule has 4 rings (SSSR count). The first-order chi connectivity index (χ1) is 17.1. The monoisotopic (exact) mass is 482 g/mol. The van der Waals surface area contributed by atoms with Gasteiger partial charge in [0.1, 0.15) is 11.4 Å². The molecule has 36 heavy (non-hydrogen) atoms. The molecule has 5 nitrogen and oxygen atoms in total. The van der Waals surface area contributed by atoms with Crippen molar-refractivity contribution >= 4 is 22.6 Å². The Labute approximate surface area is 213 Å². The van der Waals surface area contributed by atoms with Crippen molar-refractivity contribution in [1.82, 2.24) is 4.98 Å². The Hall–Kier alpha value is -3.86. The molecule has 0 aliphatic rings. The fourth-order valence-corrected chi connectivity index (χ4v) is 4.51. The van der Waals surface area contributed by atoms with Gasteiger partial charge in [-0.2, -0.15) is 0 Å². The van der Waals surface area contributed by atoms with Crippen molar-refractivity contribution in [1.29, 1.82) is 0 Å². The molecule has 4 aromatic rings. The molecule has 186 valence electrons. The van der Waals surface area contributed by atoms with Gasteiger partial charge in [0.05, 0.1) is 25.0 Å². The fourth-order valence-electron chi connectivity index (χ4n) is 4.51. The summed E-state index contributed by atoms with van der Waals surface area (Å²) in [5, 5.41) is 2.02. The van der Waals surface area contributed by atoms with Crippen molar-refractivity contribution in [2.45, 2.75) is 53.7 Å². The number of pyridine rings is 1. The molecular formula is C31H34N2O3. The van der Waals surface area contributed by atoms with Crippen LogP contribution in [0, 0.1) is 20.8 Å². The summed E-state index contributed by atoms with van der Waals surface area (Å²) < 4.78 is 11.5. The summed E-state index contributed by atoms with van der Waals surface area (Å²) in [5.74, 6) is 0.780. The summed E-state index contributed by atoms with van der Waals surface area (Å²) in [6.07, 6.45) is 1.37. The molecule has 0 radical (unpaired) electrons. The Balaban J connectivity index is 1.93. The van der Waals surface area contributed by atoms with Crippen molar-refractivity contribution in [3.05, 3.63) is 89.2 Å². The van der Waals surface area contributed by atoms with Crippen LogP contribution in [0.25, 0.3) is 21.9 Å². The molecule has 1 aromatic heterocycles. The molecular weight excluding hydrogens is 448 g/mol. The topological polar surface area (TPSA) is 51.7 Å². The van der Waals surface area contributed by atoms with E-state index in [2.05, 4.69) is 42.2 Å². The van der Waals surface area contributed by atoms with Gasteiger partial charge in [-0.25, -0.2) is 4.79 Å². The molecule has 0 bridgehead atoms. The highest BCUT2D eigenvalue weighted by molar-refractivity contribution is 6.04. The van der Waals surface area contributed by atoms with Gasteiger partial charge in [0, 0.05) is 22.7 Å². The lowest BCUT2D eigenvalue weighted by Gasteiger charge is -2.29. The largest absolute Gasteiger partial charge is 0.496 e. The number of rotatable bonds is 5. The number of hydrogen-bond donors (Lipinski definition) is 0. The van der Waals surface area contributed by atoms with E-state index in [4.69, 9.17) is 9.47 Å². The summed E-state index contributed by atoms with van der Waals surface area (Å²) in [6, 6.07) is 20.7. The number of anilines is 1. The number of aryl methyl sites for hydroxylation is 2. The summed E-state index contributed by atoms with van der Waals surface area (Å²) in [5.41, 5.74) is 6.09. The fraction of sp³-hybridized carbons (Fsp3) is 0.290. The number of carbonyl (C=O) groups is 1. The molecule has 3 aromatic carbocycles. The first-order valence-corrected chi connectivity index (χ1v) is 12.2. The van der Waals surface area contributed by atoms with E-state index in [1.807, 2.05) is 65.0 Å². The standard InChI is InChI=1S/C31H34N2O3/c1-20-12-8-10-14-25(20)24-16-23-13-9-11-15-26(23)28(17-24)33(30(34)36-31(4,5)6)19-27-22(3)29(35-7)21(2)18-32-27/h8-18H,19H2,1-7H3.